The average Bonchev–Trinajstić information content (AvgIpc) is 2.87. The molecule has 2 aromatic rings. The Morgan fingerprint density at radius 2 is 1.89 bits per heavy atom. The van der Waals surface area contributed by atoms with E-state index in [4.69, 9.17) is 27.6 Å². The van der Waals surface area contributed by atoms with Gasteiger partial charge in [0.05, 0.1) is 6.26 Å². The van der Waals surface area contributed by atoms with Gasteiger partial charge in [-0.2, -0.15) is 0 Å². The van der Waals surface area contributed by atoms with E-state index < -0.39 is 0 Å². The van der Waals surface area contributed by atoms with Crippen LogP contribution in [0.5, 0.6) is 0 Å². The van der Waals surface area contributed by atoms with Crippen molar-refractivity contribution in [3.05, 3.63) is 57.5 Å². The first-order valence-corrected chi connectivity index (χ1v) is 7.09. The molecule has 0 bridgehead atoms. The lowest BCUT2D eigenvalue weighted by Gasteiger charge is -2.18. The molecule has 1 unspecified atom stereocenters. The second-order valence-electron chi connectivity index (χ2n) is 4.40. The lowest BCUT2D eigenvalue weighted by atomic mass is 9.98. The zero-order valence-corrected chi connectivity index (χ0v) is 12.6. The first-order valence-electron chi connectivity index (χ1n) is 6.33. The number of benzene rings is 1. The largest absolute Gasteiger partial charge is 0.469 e. The quantitative estimate of drug-likeness (QED) is 0.869. The summed E-state index contributed by atoms with van der Waals surface area (Å²) in [5.74, 6) is 1.00. The summed E-state index contributed by atoms with van der Waals surface area (Å²) in [6, 6.07) is 7.74. The van der Waals surface area contributed by atoms with Crippen LogP contribution in [0, 0.1) is 0 Å². The van der Waals surface area contributed by atoms with Gasteiger partial charge in [-0.15, -0.1) is 0 Å². The molecule has 1 heterocycles. The fourth-order valence-corrected chi connectivity index (χ4v) is 2.80. The van der Waals surface area contributed by atoms with Crippen LogP contribution in [0.2, 0.25) is 10.0 Å². The van der Waals surface area contributed by atoms with Gasteiger partial charge < -0.3 is 9.73 Å². The molecule has 0 aliphatic rings. The van der Waals surface area contributed by atoms with E-state index in [1.165, 1.54) is 5.56 Å². The van der Waals surface area contributed by atoms with E-state index in [2.05, 4.69) is 12.2 Å². The van der Waals surface area contributed by atoms with Crippen LogP contribution in [0.25, 0.3) is 0 Å². The van der Waals surface area contributed by atoms with Crippen LogP contribution in [-0.4, -0.2) is 7.05 Å². The van der Waals surface area contributed by atoms with E-state index in [-0.39, 0.29) is 6.04 Å². The van der Waals surface area contributed by atoms with E-state index in [0.717, 1.165) is 24.2 Å². The number of furan rings is 1. The maximum atomic E-state index is 6.23. The smallest absolute Gasteiger partial charge is 0.108 e. The van der Waals surface area contributed by atoms with Crippen molar-refractivity contribution in [3.63, 3.8) is 0 Å². The zero-order valence-electron chi connectivity index (χ0n) is 11.0. The maximum Gasteiger partial charge on any atom is 0.108 e. The molecule has 0 saturated heterocycles. The predicted octanol–water partition coefficient (Wildman–Crippen LogP) is 4.65. The summed E-state index contributed by atoms with van der Waals surface area (Å²) in [6.45, 7) is 2.08. The molecule has 2 rings (SSSR count). The van der Waals surface area contributed by atoms with Crippen molar-refractivity contribution in [2.75, 3.05) is 7.05 Å². The molecule has 0 spiro atoms. The predicted molar refractivity (Wildman–Crippen MR) is 80.1 cm³/mol. The second kappa shape index (κ2) is 6.47. The van der Waals surface area contributed by atoms with Crippen molar-refractivity contribution in [2.24, 2.45) is 0 Å². The van der Waals surface area contributed by atoms with Crippen molar-refractivity contribution in [2.45, 2.75) is 25.8 Å². The first-order chi connectivity index (χ1) is 9.17. The Balaban J connectivity index is 2.29. The molecule has 1 N–H and O–H groups in total. The van der Waals surface area contributed by atoms with Crippen LogP contribution in [0.1, 0.15) is 29.9 Å². The molecule has 1 aromatic heterocycles. The summed E-state index contributed by atoms with van der Waals surface area (Å²) in [7, 11) is 1.93. The van der Waals surface area contributed by atoms with Crippen LogP contribution in [0.15, 0.2) is 34.9 Å². The number of halogens is 2. The highest BCUT2D eigenvalue weighted by molar-refractivity contribution is 6.36. The zero-order chi connectivity index (χ0) is 13.8. The monoisotopic (exact) mass is 297 g/mol. The van der Waals surface area contributed by atoms with Crippen LogP contribution in [0.3, 0.4) is 0 Å². The molecule has 0 saturated carbocycles. The fraction of sp³-hybridized carbons (Fsp3) is 0.333. The van der Waals surface area contributed by atoms with Crippen molar-refractivity contribution in [3.8, 4) is 0 Å². The molecule has 0 radical (unpaired) electrons. The van der Waals surface area contributed by atoms with Crippen LogP contribution in [0.4, 0.5) is 0 Å². The van der Waals surface area contributed by atoms with Gasteiger partial charge >= 0.3 is 0 Å². The van der Waals surface area contributed by atoms with Crippen molar-refractivity contribution in [1.82, 2.24) is 5.32 Å². The topological polar surface area (TPSA) is 25.2 Å². The van der Waals surface area contributed by atoms with E-state index >= 15 is 0 Å². The molecular formula is C15H17Cl2NO. The molecule has 0 aliphatic carbocycles. The minimum atomic E-state index is 0.145. The molecule has 0 fully saturated rings. The SMILES string of the molecule is CCc1occc1C(Cc1c(Cl)cccc1Cl)NC. The number of hydrogen-bond donors (Lipinski definition) is 1. The van der Waals surface area contributed by atoms with E-state index in [1.54, 1.807) is 6.26 Å². The molecule has 1 atom stereocenters. The normalized spacial score (nSPS) is 12.6. The molecule has 0 amide bonds. The minimum absolute atomic E-state index is 0.145. The lowest BCUT2D eigenvalue weighted by molar-refractivity contribution is 0.495. The number of nitrogens with one attached hydrogen (secondary N) is 1. The Hall–Kier alpha value is -0.960. The molecule has 102 valence electrons. The third-order valence-corrected chi connectivity index (χ3v) is 4.00. The number of aryl methyl sites for hydroxylation is 1. The molecule has 4 heteroatoms. The van der Waals surface area contributed by atoms with Gasteiger partial charge in [0.1, 0.15) is 5.76 Å². The average molecular weight is 298 g/mol. The van der Waals surface area contributed by atoms with Gasteiger partial charge in [-0.25, -0.2) is 0 Å². The molecule has 2 nitrogen and oxygen atoms in total. The summed E-state index contributed by atoms with van der Waals surface area (Å²) in [4.78, 5) is 0. The van der Waals surface area contributed by atoms with E-state index in [1.807, 2.05) is 31.3 Å². The third kappa shape index (κ3) is 3.14. The standard InChI is InChI=1S/C15H17Cl2NO/c1-3-15-10(7-8-19-15)14(18-2)9-11-12(16)5-4-6-13(11)17/h4-8,14,18H,3,9H2,1-2H3. The summed E-state index contributed by atoms with van der Waals surface area (Å²) < 4.78 is 5.49. The third-order valence-electron chi connectivity index (χ3n) is 3.29. The van der Waals surface area contributed by atoms with Gasteiger partial charge in [-0.1, -0.05) is 36.2 Å². The summed E-state index contributed by atoms with van der Waals surface area (Å²) in [6.07, 6.45) is 3.34. The Bertz CT molecular complexity index is 531. The minimum Gasteiger partial charge on any atom is -0.469 e. The number of hydrogen-bond acceptors (Lipinski definition) is 2. The van der Waals surface area contributed by atoms with Crippen LogP contribution in [-0.2, 0) is 12.8 Å². The highest BCUT2D eigenvalue weighted by Crippen LogP contribution is 2.30. The van der Waals surface area contributed by atoms with Gasteiger partial charge in [-0.3, -0.25) is 0 Å². The van der Waals surface area contributed by atoms with Crippen molar-refractivity contribution in [1.29, 1.82) is 0 Å². The van der Waals surface area contributed by atoms with Crippen molar-refractivity contribution >= 4 is 23.2 Å². The molecule has 19 heavy (non-hydrogen) atoms. The lowest BCUT2D eigenvalue weighted by Crippen LogP contribution is -2.19. The van der Waals surface area contributed by atoms with Crippen molar-refractivity contribution < 1.29 is 4.42 Å². The number of likely N-dealkylation sites (N-methyl/N-ethyl adjacent to an activating group) is 1. The van der Waals surface area contributed by atoms with Gasteiger partial charge in [0.25, 0.3) is 0 Å². The number of rotatable bonds is 5. The van der Waals surface area contributed by atoms with Gasteiger partial charge in [0, 0.05) is 28.1 Å². The Labute approximate surface area is 123 Å². The fourth-order valence-electron chi connectivity index (χ4n) is 2.25. The first kappa shape index (κ1) is 14.4. The maximum absolute atomic E-state index is 6.23. The molecule has 1 aromatic carbocycles. The summed E-state index contributed by atoms with van der Waals surface area (Å²) >= 11 is 12.5. The highest BCUT2D eigenvalue weighted by atomic mass is 35.5. The Morgan fingerprint density at radius 1 is 1.21 bits per heavy atom. The second-order valence-corrected chi connectivity index (χ2v) is 5.21. The van der Waals surface area contributed by atoms with E-state index in [0.29, 0.717) is 10.0 Å². The van der Waals surface area contributed by atoms with Gasteiger partial charge in [0.2, 0.25) is 0 Å². The summed E-state index contributed by atoms with van der Waals surface area (Å²) in [5.41, 5.74) is 2.13. The molecule has 0 aliphatic heterocycles. The highest BCUT2D eigenvalue weighted by Gasteiger charge is 2.18. The van der Waals surface area contributed by atoms with Crippen LogP contribution < -0.4 is 5.32 Å². The van der Waals surface area contributed by atoms with Gasteiger partial charge in [-0.05, 0) is 37.2 Å². The Kier molecular flexibility index (Phi) is 4.92. The Morgan fingerprint density at radius 3 is 2.47 bits per heavy atom. The van der Waals surface area contributed by atoms with Crippen LogP contribution >= 0.6 is 23.2 Å². The van der Waals surface area contributed by atoms with Gasteiger partial charge in [0.15, 0.2) is 0 Å². The molecular weight excluding hydrogens is 281 g/mol. The van der Waals surface area contributed by atoms with E-state index in [9.17, 15) is 0 Å². The summed E-state index contributed by atoms with van der Waals surface area (Å²) in [5, 5.41) is 4.71.